The van der Waals surface area contributed by atoms with Crippen LogP contribution in [0.4, 0.5) is 4.39 Å². The van der Waals surface area contributed by atoms with Crippen molar-refractivity contribution in [3.05, 3.63) is 117 Å². The summed E-state index contributed by atoms with van der Waals surface area (Å²) in [6, 6.07) is 26.5. The molecule has 0 saturated carbocycles. The highest BCUT2D eigenvalue weighted by Crippen LogP contribution is 2.34. The van der Waals surface area contributed by atoms with Crippen LogP contribution in [0.5, 0.6) is 5.75 Å². The molecule has 0 saturated heterocycles. The van der Waals surface area contributed by atoms with Crippen LogP contribution in [0, 0.1) is 5.82 Å². The van der Waals surface area contributed by atoms with E-state index in [0.29, 0.717) is 17.5 Å². The van der Waals surface area contributed by atoms with Gasteiger partial charge >= 0.3 is 0 Å². The molecular weight excluding hydrogens is 517 g/mol. The van der Waals surface area contributed by atoms with Crippen molar-refractivity contribution < 1.29 is 9.13 Å². The van der Waals surface area contributed by atoms with Gasteiger partial charge in [0.1, 0.15) is 4.83 Å². The molecule has 0 spiro atoms. The molecule has 1 aliphatic rings. The summed E-state index contributed by atoms with van der Waals surface area (Å²) in [7, 11) is 0. The van der Waals surface area contributed by atoms with E-state index in [1.165, 1.54) is 28.3 Å². The highest BCUT2D eigenvalue weighted by atomic mass is 32.2. The van der Waals surface area contributed by atoms with Crippen molar-refractivity contribution in [2.24, 2.45) is 0 Å². The number of para-hydroxylation sites is 2. The molecular formula is C30H26FN3O2S2. The van der Waals surface area contributed by atoms with Crippen molar-refractivity contribution in [2.45, 2.75) is 24.7 Å². The largest absolute Gasteiger partial charge is 0.490 e. The Bertz CT molecular complexity index is 1620. The lowest BCUT2D eigenvalue weighted by Crippen LogP contribution is -2.30. The van der Waals surface area contributed by atoms with Gasteiger partial charge in [-0.1, -0.05) is 72.4 Å². The number of fused-ring (bicyclic) bond motifs is 3. The molecule has 5 nitrogen and oxygen atoms in total. The number of hydrogen-bond donors (Lipinski definition) is 0. The maximum atomic E-state index is 14.0. The molecule has 0 fully saturated rings. The van der Waals surface area contributed by atoms with Crippen molar-refractivity contribution in [2.75, 3.05) is 18.9 Å². The summed E-state index contributed by atoms with van der Waals surface area (Å²) in [4.78, 5) is 23.4. The summed E-state index contributed by atoms with van der Waals surface area (Å²) in [6.07, 6.45) is 0.830. The maximum absolute atomic E-state index is 14.0. The van der Waals surface area contributed by atoms with Gasteiger partial charge in [0, 0.05) is 30.3 Å². The molecule has 0 atom stereocenters. The van der Waals surface area contributed by atoms with Crippen LogP contribution in [-0.4, -0.2) is 33.4 Å². The Kier molecular flexibility index (Phi) is 7.27. The van der Waals surface area contributed by atoms with Crippen LogP contribution in [0.25, 0.3) is 15.9 Å². The minimum atomic E-state index is -0.385. The number of rotatable bonds is 8. The Balaban J connectivity index is 1.30. The highest BCUT2D eigenvalue weighted by Gasteiger charge is 2.25. The molecule has 6 rings (SSSR count). The Morgan fingerprint density at radius 2 is 1.71 bits per heavy atom. The number of nitrogens with zero attached hydrogens (tertiary/aromatic N) is 3. The number of hydrogen-bond acceptors (Lipinski definition) is 6. The summed E-state index contributed by atoms with van der Waals surface area (Å²) in [5.74, 6) is 0.362. The fraction of sp³-hybridized carbons (Fsp3) is 0.200. The normalized spacial score (nSPS) is 13.5. The third-order valence-corrected chi connectivity index (χ3v) is 8.61. The third-order valence-electron chi connectivity index (χ3n) is 6.59. The molecule has 5 aromatic rings. The molecule has 0 amide bonds. The first kappa shape index (κ1) is 24.9. The van der Waals surface area contributed by atoms with Gasteiger partial charge in [-0.05, 0) is 41.8 Å². The Morgan fingerprint density at radius 3 is 2.50 bits per heavy atom. The van der Waals surface area contributed by atoms with Crippen molar-refractivity contribution in [1.29, 1.82) is 0 Å². The van der Waals surface area contributed by atoms with Crippen molar-refractivity contribution in [3.8, 4) is 11.4 Å². The second-order valence-corrected chi connectivity index (χ2v) is 11.3. The van der Waals surface area contributed by atoms with Gasteiger partial charge in [0.25, 0.3) is 5.56 Å². The average Bonchev–Trinajstić information content (AvgIpc) is 3.31. The Labute approximate surface area is 228 Å². The minimum absolute atomic E-state index is 0.0345. The highest BCUT2D eigenvalue weighted by molar-refractivity contribution is 7.99. The summed E-state index contributed by atoms with van der Waals surface area (Å²) in [6.45, 7) is 2.90. The van der Waals surface area contributed by atoms with Crippen LogP contribution in [0.3, 0.4) is 0 Å². The van der Waals surface area contributed by atoms with E-state index in [-0.39, 0.29) is 17.1 Å². The van der Waals surface area contributed by atoms with E-state index in [1.807, 2.05) is 36.4 Å². The number of ether oxygens (including phenoxy) is 1. The fourth-order valence-corrected chi connectivity index (χ4v) is 6.93. The van der Waals surface area contributed by atoms with Crippen molar-refractivity contribution in [3.63, 3.8) is 0 Å². The van der Waals surface area contributed by atoms with E-state index >= 15 is 0 Å². The number of halogens is 1. The fourth-order valence-electron chi connectivity index (χ4n) is 4.80. The first-order valence-corrected chi connectivity index (χ1v) is 14.4. The molecule has 0 radical (unpaired) electrons. The lowest BCUT2D eigenvalue weighted by molar-refractivity contribution is 0.249. The number of thiophene rings is 1. The van der Waals surface area contributed by atoms with Crippen LogP contribution in [0.1, 0.15) is 16.0 Å². The first-order valence-electron chi connectivity index (χ1n) is 12.6. The van der Waals surface area contributed by atoms with E-state index in [9.17, 15) is 9.18 Å². The SMILES string of the molecule is O=c1c2c3c(sc2nc(SCCOc2ccccc2F)n1-c1ccccc1)CN(Cc1ccccc1)CC3. The summed E-state index contributed by atoms with van der Waals surface area (Å²) >= 11 is 3.07. The molecule has 192 valence electrons. The van der Waals surface area contributed by atoms with E-state index < -0.39 is 0 Å². The summed E-state index contributed by atoms with van der Waals surface area (Å²) in [5.41, 5.74) is 3.17. The van der Waals surface area contributed by atoms with Gasteiger partial charge in [0.15, 0.2) is 16.7 Å². The molecule has 0 bridgehead atoms. The lowest BCUT2D eigenvalue weighted by atomic mass is 10.0. The quantitative estimate of drug-likeness (QED) is 0.130. The van der Waals surface area contributed by atoms with Crippen LogP contribution in [0.15, 0.2) is 94.9 Å². The van der Waals surface area contributed by atoms with Crippen LogP contribution >= 0.6 is 23.1 Å². The monoisotopic (exact) mass is 543 g/mol. The zero-order valence-electron chi connectivity index (χ0n) is 20.7. The third kappa shape index (κ3) is 5.12. The van der Waals surface area contributed by atoms with E-state index in [4.69, 9.17) is 9.72 Å². The molecule has 3 aromatic carbocycles. The molecule has 38 heavy (non-hydrogen) atoms. The van der Waals surface area contributed by atoms with E-state index in [1.54, 1.807) is 34.1 Å². The Morgan fingerprint density at radius 1 is 0.974 bits per heavy atom. The molecule has 3 heterocycles. The second kappa shape index (κ2) is 11.1. The van der Waals surface area contributed by atoms with Gasteiger partial charge in [-0.2, -0.15) is 0 Å². The number of aromatic nitrogens is 2. The average molecular weight is 544 g/mol. The number of benzene rings is 3. The zero-order valence-corrected chi connectivity index (χ0v) is 22.3. The standard InChI is InChI=1S/C30H26FN3O2S2/c31-24-13-7-8-14-25(24)36-17-18-37-30-32-28-27(29(35)34(30)22-11-5-2-6-12-22)23-15-16-33(20-26(23)38-28)19-21-9-3-1-4-10-21/h1-14H,15-20H2. The molecule has 1 aliphatic heterocycles. The second-order valence-electron chi connectivity index (χ2n) is 9.13. The summed E-state index contributed by atoms with van der Waals surface area (Å²) in [5, 5.41) is 1.35. The molecule has 0 unspecified atom stereocenters. The zero-order chi connectivity index (χ0) is 25.9. The molecule has 0 N–H and O–H groups in total. The van der Waals surface area contributed by atoms with Gasteiger partial charge in [0.2, 0.25) is 0 Å². The smallest absolute Gasteiger partial charge is 0.267 e. The van der Waals surface area contributed by atoms with Crippen molar-refractivity contribution >= 4 is 33.3 Å². The van der Waals surface area contributed by atoms with Crippen LogP contribution in [0.2, 0.25) is 0 Å². The van der Waals surface area contributed by atoms with E-state index in [0.717, 1.165) is 47.5 Å². The molecule has 8 heteroatoms. The predicted octanol–water partition coefficient (Wildman–Crippen LogP) is 6.32. The number of thioether (sulfide) groups is 1. The van der Waals surface area contributed by atoms with Gasteiger partial charge in [-0.25, -0.2) is 9.37 Å². The van der Waals surface area contributed by atoms with Gasteiger partial charge in [-0.3, -0.25) is 14.3 Å². The predicted molar refractivity (Wildman–Crippen MR) is 152 cm³/mol. The maximum Gasteiger partial charge on any atom is 0.267 e. The molecule has 0 aliphatic carbocycles. The minimum Gasteiger partial charge on any atom is -0.490 e. The Hall–Kier alpha value is -3.46. The van der Waals surface area contributed by atoms with Gasteiger partial charge in [0.05, 0.1) is 17.7 Å². The van der Waals surface area contributed by atoms with Crippen LogP contribution in [-0.2, 0) is 19.5 Å². The van der Waals surface area contributed by atoms with Crippen LogP contribution < -0.4 is 10.3 Å². The van der Waals surface area contributed by atoms with E-state index in [2.05, 4.69) is 29.2 Å². The van der Waals surface area contributed by atoms with Gasteiger partial charge in [-0.15, -0.1) is 11.3 Å². The summed E-state index contributed by atoms with van der Waals surface area (Å²) < 4.78 is 21.3. The topological polar surface area (TPSA) is 47.4 Å². The lowest BCUT2D eigenvalue weighted by Gasteiger charge is -2.26. The first-order chi connectivity index (χ1) is 18.7. The molecule has 2 aromatic heterocycles. The van der Waals surface area contributed by atoms with Crippen molar-refractivity contribution in [1.82, 2.24) is 14.5 Å². The van der Waals surface area contributed by atoms with Gasteiger partial charge < -0.3 is 4.74 Å².